The molecule has 0 bridgehead atoms. The molecule has 2 amide bonds. The molecule has 1 fully saturated rings. The molecule has 0 aliphatic heterocycles. The highest BCUT2D eigenvalue weighted by Crippen LogP contribution is 2.54. The van der Waals surface area contributed by atoms with Gasteiger partial charge in [0.05, 0.1) is 6.54 Å². The third-order valence-electron chi connectivity index (χ3n) is 4.84. The quantitative estimate of drug-likeness (QED) is 0.692. The van der Waals surface area contributed by atoms with Crippen LogP contribution in [0, 0.1) is 17.8 Å². The van der Waals surface area contributed by atoms with Gasteiger partial charge >= 0.3 is 0 Å². The van der Waals surface area contributed by atoms with Crippen molar-refractivity contribution >= 4 is 18.1 Å². The van der Waals surface area contributed by atoms with Crippen LogP contribution in [-0.4, -0.2) is 42.1 Å². The number of amides is 2. The van der Waals surface area contributed by atoms with E-state index in [0.29, 0.717) is 18.6 Å². The summed E-state index contributed by atoms with van der Waals surface area (Å²) in [5.74, 6) is 0.598. The molecule has 5 nitrogen and oxygen atoms in total. The van der Waals surface area contributed by atoms with Crippen LogP contribution >= 0.6 is 0 Å². The van der Waals surface area contributed by atoms with Gasteiger partial charge in [-0.05, 0) is 24.2 Å². The van der Waals surface area contributed by atoms with E-state index in [-0.39, 0.29) is 30.2 Å². The highest BCUT2D eigenvalue weighted by atomic mass is 16.2. The Kier molecular flexibility index (Phi) is 5.93. The Morgan fingerprint density at radius 3 is 2.29 bits per heavy atom. The van der Waals surface area contributed by atoms with Crippen LogP contribution in [-0.2, 0) is 14.4 Å². The topological polar surface area (TPSA) is 66.5 Å². The summed E-state index contributed by atoms with van der Waals surface area (Å²) in [5.41, 5.74) is -0.780. The number of hydrogen-bond acceptors (Lipinski definition) is 3. The first kappa shape index (κ1) is 17.7. The number of nitrogens with zero attached hydrogens (tertiary/aromatic N) is 1. The first-order valence-corrected chi connectivity index (χ1v) is 7.78. The lowest BCUT2D eigenvalue weighted by atomic mass is 10.0. The standard InChI is InChI=1S/C16H28N2O3/c1-11(2)7-6-8-14(20)18(5)16(12(3)13(16)4)15(21)17-9-10-19/h10-13H,6-9H2,1-5H3,(H,17,21). The molecular weight excluding hydrogens is 268 g/mol. The van der Waals surface area contributed by atoms with Crippen LogP contribution in [0.4, 0.5) is 0 Å². The Morgan fingerprint density at radius 1 is 1.29 bits per heavy atom. The van der Waals surface area contributed by atoms with Gasteiger partial charge in [0.1, 0.15) is 11.8 Å². The molecule has 5 heteroatoms. The zero-order valence-electron chi connectivity index (χ0n) is 13.8. The van der Waals surface area contributed by atoms with Crippen molar-refractivity contribution in [2.75, 3.05) is 13.6 Å². The zero-order chi connectivity index (χ0) is 16.2. The van der Waals surface area contributed by atoms with Crippen molar-refractivity contribution in [3.63, 3.8) is 0 Å². The highest BCUT2D eigenvalue weighted by Gasteiger charge is 2.68. The molecule has 1 rings (SSSR count). The average molecular weight is 296 g/mol. The van der Waals surface area contributed by atoms with Gasteiger partial charge in [-0.3, -0.25) is 9.59 Å². The Hall–Kier alpha value is -1.39. The fourth-order valence-corrected chi connectivity index (χ4v) is 3.24. The molecule has 1 aliphatic rings. The minimum Gasteiger partial charge on any atom is -0.347 e. The SMILES string of the molecule is CC(C)CCCC(=O)N(C)C1(C(=O)NCC=O)C(C)C1C. The van der Waals surface area contributed by atoms with Gasteiger partial charge in [-0.25, -0.2) is 0 Å². The van der Waals surface area contributed by atoms with Crippen LogP contribution in [0.5, 0.6) is 0 Å². The Morgan fingerprint density at radius 2 is 1.86 bits per heavy atom. The Balaban J connectivity index is 2.70. The van der Waals surface area contributed by atoms with Crippen LogP contribution in [0.1, 0.15) is 47.0 Å². The van der Waals surface area contributed by atoms with Crippen LogP contribution < -0.4 is 5.32 Å². The van der Waals surface area contributed by atoms with E-state index in [9.17, 15) is 14.4 Å². The molecule has 0 heterocycles. The van der Waals surface area contributed by atoms with Crippen molar-refractivity contribution in [2.24, 2.45) is 17.8 Å². The van der Waals surface area contributed by atoms with Crippen LogP contribution in [0.15, 0.2) is 0 Å². The predicted molar refractivity (Wildman–Crippen MR) is 81.6 cm³/mol. The number of hydrogen-bond donors (Lipinski definition) is 1. The summed E-state index contributed by atoms with van der Waals surface area (Å²) in [6, 6.07) is 0. The molecule has 0 aromatic heterocycles. The summed E-state index contributed by atoms with van der Waals surface area (Å²) in [6.07, 6.45) is 2.98. The zero-order valence-corrected chi connectivity index (χ0v) is 13.8. The van der Waals surface area contributed by atoms with E-state index in [4.69, 9.17) is 0 Å². The van der Waals surface area contributed by atoms with Gasteiger partial charge in [-0.1, -0.05) is 34.1 Å². The smallest absolute Gasteiger partial charge is 0.246 e. The van der Waals surface area contributed by atoms with Gasteiger partial charge < -0.3 is 15.0 Å². The fourth-order valence-electron chi connectivity index (χ4n) is 3.24. The molecule has 2 atom stereocenters. The van der Waals surface area contributed by atoms with Crippen molar-refractivity contribution < 1.29 is 14.4 Å². The minimum absolute atomic E-state index is 0.00456. The van der Waals surface area contributed by atoms with Crippen molar-refractivity contribution in [3.05, 3.63) is 0 Å². The van der Waals surface area contributed by atoms with E-state index >= 15 is 0 Å². The fraction of sp³-hybridized carbons (Fsp3) is 0.812. The maximum Gasteiger partial charge on any atom is 0.246 e. The van der Waals surface area contributed by atoms with Crippen LogP contribution in [0.2, 0.25) is 0 Å². The Bertz CT molecular complexity index is 398. The summed E-state index contributed by atoms with van der Waals surface area (Å²) < 4.78 is 0. The third kappa shape index (κ3) is 3.44. The molecule has 1 N–H and O–H groups in total. The number of aldehydes is 1. The maximum absolute atomic E-state index is 12.4. The number of carbonyl (C=O) groups excluding carboxylic acids is 3. The van der Waals surface area contributed by atoms with Gasteiger partial charge in [-0.2, -0.15) is 0 Å². The molecule has 1 saturated carbocycles. The molecule has 0 radical (unpaired) electrons. The highest BCUT2D eigenvalue weighted by molar-refractivity contribution is 5.96. The van der Waals surface area contributed by atoms with Gasteiger partial charge in [0, 0.05) is 13.5 Å². The maximum atomic E-state index is 12.4. The second-order valence-electron chi connectivity index (χ2n) is 6.52. The first-order chi connectivity index (χ1) is 9.79. The van der Waals surface area contributed by atoms with Crippen molar-refractivity contribution in [1.82, 2.24) is 10.2 Å². The minimum atomic E-state index is -0.780. The first-order valence-electron chi connectivity index (χ1n) is 7.78. The molecule has 0 spiro atoms. The van der Waals surface area contributed by atoms with E-state index in [1.54, 1.807) is 11.9 Å². The lowest BCUT2D eigenvalue weighted by molar-refractivity contribution is -0.141. The molecule has 0 aromatic carbocycles. The van der Waals surface area contributed by atoms with Crippen molar-refractivity contribution in [1.29, 1.82) is 0 Å². The summed E-state index contributed by atoms with van der Waals surface area (Å²) in [7, 11) is 1.71. The van der Waals surface area contributed by atoms with E-state index in [1.807, 2.05) is 13.8 Å². The number of carbonyl (C=O) groups is 3. The second-order valence-corrected chi connectivity index (χ2v) is 6.52. The second kappa shape index (κ2) is 7.05. The van der Waals surface area contributed by atoms with Crippen molar-refractivity contribution in [2.45, 2.75) is 52.5 Å². The van der Waals surface area contributed by atoms with Crippen LogP contribution in [0.25, 0.3) is 0 Å². The predicted octanol–water partition coefficient (Wildman–Crippen LogP) is 1.61. The molecule has 0 saturated heterocycles. The molecular formula is C16H28N2O3. The van der Waals surface area contributed by atoms with E-state index < -0.39 is 5.54 Å². The largest absolute Gasteiger partial charge is 0.347 e. The van der Waals surface area contributed by atoms with E-state index in [0.717, 1.165) is 12.8 Å². The monoisotopic (exact) mass is 296 g/mol. The normalized spacial score (nSPS) is 27.3. The van der Waals surface area contributed by atoms with Crippen molar-refractivity contribution in [3.8, 4) is 0 Å². The molecule has 2 unspecified atom stereocenters. The number of nitrogens with one attached hydrogen (secondary N) is 1. The molecule has 21 heavy (non-hydrogen) atoms. The molecule has 1 aliphatic carbocycles. The average Bonchev–Trinajstić information content (AvgIpc) is 2.98. The van der Waals surface area contributed by atoms with E-state index in [1.165, 1.54) is 0 Å². The summed E-state index contributed by atoms with van der Waals surface area (Å²) in [6.45, 7) is 8.21. The lowest BCUT2D eigenvalue weighted by Crippen LogP contribution is -2.52. The summed E-state index contributed by atoms with van der Waals surface area (Å²) in [4.78, 5) is 36.8. The van der Waals surface area contributed by atoms with E-state index in [2.05, 4.69) is 19.2 Å². The molecule has 120 valence electrons. The van der Waals surface area contributed by atoms with Gasteiger partial charge in [0.15, 0.2) is 0 Å². The summed E-state index contributed by atoms with van der Waals surface area (Å²) >= 11 is 0. The lowest BCUT2D eigenvalue weighted by Gasteiger charge is -2.29. The third-order valence-corrected chi connectivity index (χ3v) is 4.84. The van der Waals surface area contributed by atoms with Gasteiger partial charge in [-0.15, -0.1) is 0 Å². The Labute approximate surface area is 127 Å². The van der Waals surface area contributed by atoms with Gasteiger partial charge in [0.2, 0.25) is 11.8 Å². The van der Waals surface area contributed by atoms with Gasteiger partial charge in [0.25, 0.3) is 0 Å². The molecule has 0 aromatic rings. The van der Waals surface area contributed by atoms with Crippen LogP contribution in [0.3, 0.4) is 0 Å². The summed E-state index contributed by atoms with van der Waals surface area (Å²) in [5, 5.41) is 2.61. The number of rotatable bonds is 8. The number of likely N-dealkylation sites (N-methyl/N-ethyl adjacent to an activating group) is 1.